The van der Waals surface area contributed by atoms with Crippen molar-refractivity contribution >= 4 is 45.9 Å². The third kappa shape index (κ3) is 3.72. The summed E-state index contributed by atoms with van der Waals surface area (Å²) in [6.07, 6.45) is 4.40. The summed E-state index contributed by atoms with van der Waals surface area (Å²) < 4.78 is 2.17. The van der Waals surface area contributed by atoms with Crippen molar-refractivity contribution in [3.63, 3.8) is 0 Å². The maximum absolute atomic E-state index is 11.4. The molecule has 28 heavy (non-hydrogen) atoms. The molecule has 4 rings (SSSR count). The molecule has 144 valence electrons. The predicted molar refractivity (Wildman–Crippen MR) is 114 cm³/mol. The second-order valence-electron chi connectivity index (χ2n) is 6.69. The molecule has 5 nitrogen and oxygen atoms in total. The van der Waals surface area contributed by atoms with Crippen LogP contribution in [-0.2, 0) is 0 Å². The zero-order chi connectivity index (χ0) is 19.7. The average Bonchev–Trinajstić information content (AvgIpc) is 3.33. The Morgan fingerprint density at radius 1 is 1.14 bits per heavy atom. The van der Waals surface area contributed by atoms with Crippen LogP contribution in [-0.4, -0.2) is 9.49 Å². The highest BCUT2D eigenvalue weighted by molar-refractivity contribution is 7.07. The van der Waals surface area contributed by atoms with E-state index < -0.39 is 4.92 Å². The normalized spacial score (nSPS) is 15.3. The summed E-state index contributed by atoms with van der Waals surface area (Å²) in [4.78, 5) is 16.4. The first-order valence-corrected chi connectivity index (χ1v) is 10.6. The van der Waals surface area contributed by atoms with Crippen molar-refractivity contribution < 1.29 is 4.92 Å². The molecule has 0 amide bonds. The standard InChI is InChI=1S/C20H17Cl2N3O2S/c21-13-9-10-16(22)15(11-13)19-12-28-20(24(19)14-5-1-2-6-14)23-17-7-3-4-8-18(17)25(26)27/h3-4,7-12,14H,1-2,5-6H2. The molecule has 1 heterocycles. The Hall–Kier alpha value is -2.15. The van der Waals surface area contributed by atoms with Gasteiger partial charge in [-0.1, -0.05) is 48.2 Å². The monoisotopic (exact) mass is 433 g/mol. The SMILES string of the molecule is O=[N+]([O-])c1ccccc1N=c1scc(-c2cc(Cl)ccc2Cl)n1C1CCCC1. The van der Waals surface area contributed by atoms with E-state index in [0.29, 0.717) is 15.7 Å². The van der Waals surface area contributed by atoms with Crippen molar-refractivity contribution in [1.29, 1.82) is 0 Å². The van der Waals surface area contributed by atoms with Crippen LogP contribution in [0.4, 0.5) is 11.4 Å². The molecule has 1 saturated carbocycles. The van der Waals surface area contributed by atoms with Crippen LogP contribution < -0.4 is 4.80 Å². The second-order valence-corrected chi connectivity index (χ2v) is 8.37. The number of thiazole rings is 1. The zero-order valence-corrected chi connectivity index (χ0v) is 17.2. The lowest BCUT2D eigenvalue weighted by atomic mass is 10.1. The number of hydrogen-bond acceptors (Lipinski definition) is 4. The van der Waals surface area contributed by atoms with E-state index in [0.717, 1.165) is 41.7 Å². The van der Waals surface area contributed by atoms with Crippen LogP contribution in [0.25, 0.3) is 11.3 Å². The van der Waals surface area contributed by atoms with Crippen LogP contribution in [0.5, 0.6) is 0 Å². The topological polar surface area (TPSA) is 60.4 Å². The number of halogens is 2. The molecule has 0 N–H and O–H groups in total. The first kappa shape index (κ1) is 19.2. The van der Waals surface area contributed by atoms with Crippen LogP contribution in [0.3, 0.4) is 0 Å². The smallest absolute Gasteiger partial charge is 0.294 e. The molecule has 8 heteroatoms. The Labute approximate surface area is 176 Å². The molecule has 0 aliphatic heterocycles. The lowest BCUT2D eigenvalue weighted by Crippen LogP contribution is -2.20. The molecule has 1 aromatic heterocycles. The van der Waals surface area contributed by atoms with Crippen molar-refractivity contribution in [3.05, 3.63) is 72.8 Å². The summed E-state index contributed by atoms with van der Waals surface area (Å²) in [5.74, 6) is 0. The number of hydrogen-bond donors (Lipinski definition) is 0. The molecular weight excluding hydrogens is 417 g/mol. The Balaban J connectivity index is 1.93. The van der Waals surface area contributed by atoms with Gasteiger partial charge in [-0.25, -0.2) is 4.99 Å². The van der Waals surface area contributed by atoms with E-state index in [1.165, 1.54) is 17.4 Å². The molecule has 0 saturated heterocycles. The van der Waals surface area contributed by atoms with Crippen molar-refractivity contribution in [2.75, 3.05) is 0 Å². The van der Waals surface area contributed by atoms with E-state index in [-0.39, 0.29) is 11.7 Å². The number of aromatic nitrogens is 1. The third-order valence-electron chi connectivity index (χ3n) is 4.93. The van der Waals surface area contributed by atoms with Gasteiger partial charge >= 0.3 is 0 Å². The summed E-state index contributed by atoms with van der Waals surface area (Å²) in [5, 5.41) is 14.6. The molecule has 0 unspecified atom stereocenters. The van der Waals surface area contributed by atoms with Gasteiger partial charge in [-0.15, -0.1) is 11.3 Å². The van der Waals surface area contributed by atoms with Gasteiger partial charge in [-0.05, 0) is 37.1 Å². The number of rotatable bonds is 4. The maximum atomic E-state index is 11.4. The molecule has 2 aromatic carbocycles. The minimum absolute atomic E-state index is 0.00351. The van der Waals surface area contributed by atoms with E-state index in [1.54, 1.807) is 30.3 Å². The molecule has 0 atom stereocenters. The van der Waals surface area contributed by atoms with Crippen LogP contribution in [0.2, 0.25) is 10.0 Å². The molecule has 3 aromatic rings. The summed E-state index contributed by atoms with van der Waals surface area (Å²) in [6.45, 7) is 0. The minimum atomic E-state index is -0.402. The van der Waals surface area contributed by atoms with E-state index in [4.69, 9.17) is 23.2 Å². The lowest BCUT2D eigenvalue weighted by Gasteiger charge is -2.17. The summed E-state index contributed by atoms with van der Waals surface area (Å²) >= 11 is 14.1. The van der Waals surface area contributed by atoms with Gasteiger partial charge in [0.15, 0.2) is 4.80 Å². The number of nitrogens with zero attached hydrogens (tertiary/aromatic N) is 3. The molecule has 1 fully saturated rings. The molecule has 1 aliphatic rings. The van der Waals surface area contributed by atoms with Crippen LogP contribution in [0, 0.1) is 10.1 Å². The first-order chi connectivity index (χ1) is 13.5. The van der Waals surface area contributed by atoms with Crippen molar-refractivity contribution in [2.24, 2.45) is 4.99 Å². The molecule has 1 aliphatic carbocycles. The number of benzene rings is 2. The Kier molecular flexibility index (Phi) is 5.53. The Bertz CT molecular complexity index is 1100. The highest BCUT2D eigenvalue weighted by Gasteiger charge is 2.23. The fourth-order valence-corrected chi connectivity index (χ4v) is 4.98. The first-order valence-electron chi connectivity index (χ1n) is 8.98. The van der Waals surface area contributed by atoms with Gasteiger partial charge in [0.1, 0.15) is 5.69 Å². The third-order valence-corrected chi connectivity index (χ3v) is 6.33. The van der Waals surface area contributed by atoms with Crippen LogP contribution in [0.15, 0.2) is 52.8 Å². The van der Waals surface area contributed by atoms with Gasteiger partial charge < -0.3 is 4.57 Å². The molecule has 0 radical (unpaired) electrons. The minimum Gasteiger partial charge on any atom is -0.313 e. The highest BCUT2D eigenvalue weighted by Crippen LogP contribution is 2.37. The van der Waals surface area contributed by atoms with Gasteiger partial charge in [0.2, 0.25) is 0 Å². The van der Waals surface area contributed by atoms with E-state index in [2.05, 4.69) is 9.56 Å². The predicted octanol–water partition coefficient (Wildman–Crippen LogP) is 6.78. The quantitative estimate of drug-likeness (QED) is 0.336. The molecule has 0 spiro atoms. The summed E-state index contributed by atoms with van der Waals surface area (Å²) in [5.41, 5.74) is 2.14. The Morgan fingerprint density at radius 3 is 2.64 bits per heavy atom. The van der Waals surface area contributed by atoms with Gasteiger partial charge in [0.25, 0.3) is 5.69 Å². The molecule has 0 bridgehead atoms. The van der Waals surface area contributed by atoms with E-state index >= 15 is 0 Å². The Morgan fingerprint density at radius 2 is 1.89 bits per heavy atom. The second kappa shape index (κ2) is 8.07. The summed E-state index contributed by atoms with van der Waals surface area (Å²) in [7, 11) is 0. The fourth-order valence-electron chi connectivity index (χ4n) is 3.62. The molecular formula is C20H17Cl2N3O2S. The number of nitro groups is 1. The highest BCUT2D eigenvalue weighted by atomic mass is 35.5. The van der Waals surface area contributed by atoms with E-state index in [9.17, 15) is 10.1 Å². The van der Waals surface area contributed by atoms with Gasteiger partial charge in [0.05, 0.1) is 15.6 Å². The van der Waals surface area contributed by atoms with Crippen molar-refractivity contribution in [1.82, 2.24) is 4.57 Å². The van der Waals surface area contributed by atoms with Crippen molar-refractivity contribution in [3.8, 4) is 11.3 Å². The zero-order valence-electron chi connectivity index (χ0n) is 14.8. The fraction of sp³-hybridized carbons (Fsp3) is 0.250. The number of para-hydroxylation sites is 2. The lowest BCUT2D eigenvalue weighted by molar-refractivity contribution is -0.384. The average molecular weight is 434 g/mol. The van der Waals surface area contributed by atoms with Crippen molar-refractivity contribution in [2.45, 2.75) is 31.7 Å². The van der Waals surface area contributed by atoms with Crippen LogP contribution >= 0.6 is 34.5 Å². The maximum Gasteiger partial charge on any atom is 0.294 e. The van der Waals surface area contributed by atoms with Gasteiger partial charge in [-0.2, -0.15) is 0 Å². The summed E-state index contributed by atoms with van der Waals surface area (Å²) in [6, 6.07) is 12.2. The van der Waals surface area contributed by atoms with Gasteiger partial charge in [-0.3, -0.25) is 10.1 Å². The van der Waals surface area contributed by atoms with E-state index in [1.807, 2.05) is 11.4 Å². The van der Waals surface area contributed by atoms with Crippen LogP contribution in [0.1, 0.15) is 31.7 Å². The number of nitro benzene ring substituents is 1. The van der Waals surface area contributed by atoms with Gasteiger partial charge in [0, 0.05) is 28.1 Å². The largest absolute Gasteiger partial charge is 0.313 e.